The summed E-state index contributed by atoms with van der Waals surface area (Å²) < 4.78 is 0. The Balaban J connectivity index is 3.76. The van der Waals surface area contributed by atoms with E-state index in [1.165, 1.54) is 19.3 Å². The summed E-state index contributed by atoms with van der Waals surface area (Å²) in [6, 6.07) is -0.106. The topological polar surface area (TPSA) is 55.1 Å². The summed E-state index contributed by atoms with van der Waals surface area (Å²) in [7, 11) is 0. The standard InChI is InChI=1S/C13H28N2O/c1-5-6-7-8-11(4)15-13(16)12(14)9-10(2)3/h10-12H,5-9,14H2,1-4H3,(H,15,16)/t11?,12-/m0/s1. The fraction of sp³-hybridized carbons (Fsp3) is 0.923. The van der Waals surface area contributed by atoms with Crippen molar-refractivity contribution >= 4 is 5.91 Å². The summed E-state index contributed by atoms with van der Waals surface area (Å²) in [6.45, 7) is 8.40. The number of carbonyl (C=O) groups is 1. The third-order valence-corrected chi connectivity index (χ3v) is 2.69. The lowest BCUT2D eigenvalue weighted by atomic mass is 10.0. The zero-order chi connectivity index (χ0) is 12.6. The Bertz CT molecular complexity index is 192. The second-order valence-electron chi connectivity index (χ2n) is 5.14. The van der Waals surface area contributed by atoms with Gasteiger partial charge in [-0.2, -0.15) is 0 Å². The van der Waals surface area contributed by atoms with Crippen LogP contribution in [-0.4, -0.2) is 18.0 Å². The van der Waals surface area contributed by atoms with Crippen molar-refractivity contribution in [1.82, 2.24) is 5.32 Å². The maximum absolute atomic E-state index is 11.7. The number of nitrogens with one attached hydrogen (secondary N) is 1. The fourth-order valence-corrected chi connectivity index (χ4v) is 1.74. The lowest BCUT2D eigenvalue weighted by Crippen LogP contribution is -2.44. The highest BCUT2D eigenvalue weighted by Gasteiger charge is 2.16. The van der Waals surface area contributed by atoms with Crippen molar-refractivity contribution in [3.63, 3.8) is 0 Å². The minimum atomic E-state index is -0.353. The van der Waals surface area contributed by atoms with Gasteiger partial charge in [-0.15, -0.1) is 0 Å². The minimum Gasteiger partial charge on any atom is -0.352 e. The van der Waals surface area contributed by atoms with Crippen LogP contribution in [0.4, 0.5) is 0 Å². The molecular weight excluding hydrogens is 200 g/mol. The number of nitrogens with two attached hydrogens (primary N) is 1. The van der Waals surface area contributed by atoms with Gasteiger partial charge in [-0.25, -0.2) is 0 Å². The second-order valence-corrected chi connectivity index (χ2v) is 5.14. The van der Waals surface area contributed by atoms with Gasteiger partial charge in [-0.3, -0.25) is 4.79 Å². The number of carbonyl (C=O) groups excluding carboxylic acids is 1. The van der Waals surface area contributed by atoms with Crippen molar-refractivity contribution in [2.45, 2.75) is 71.9 Å². The van der Waals surface area contributed by atoms with E-state index in [1.54, 1.807) is 0 Å². The van der Waals surface area contributed by atoms with Crippen LogP contribution in [0.15, 0.2) is 0 Å². The molecule has 1 amide bonds. The predicted molar refractivity (Wildman–Crippen MR) is 69.2 cm³/mol. The molecule has 3 nitrogen and oxygen atoms in total. The first kappa shape index (κ1) is 15.4. The molecule has 16 heavy (non-hydrogen) atoms. The highest BCUT2D eigenvalue weighted by Crippen LogP contribution is 2.05. The van der Waals surface area contributed by atoms with Gasteiger partial charge in [-0.1, -0.05) is 40.0 Å². The molecule has 0 heterocycles. The van der Waals surface area contributed by atoms with Gasteiger partial charge in [0.25, 0.3) is 0 Å². The quantitative estimate of drug-likeness (QED) is 0.627. The van der Waals surface area contributed by atoms with Gasteiger partial charge < -0.3 is 11.1 Å². The van der Waals surface area contributed by atoms with Gasteiger partial charge in [0.15, 0.2) is 0 Å². The summed E-state index contributed by atoms with van der Waals surface area (Å²) >= 11 is 0. The summed E-state index contributed by atoms with van der Waals surface area (Å²) in [5.41, 5.74) is 5.81. The molecule has 0 aliphatic carbocycles. The number of amides is 1. The van der Waals surface area contributed by atoms with E-state index in [-0.39, 0.29) is 18.0 Å². The minimum absolute atomic E-state index is 0.00213. The van der Waals surface area contributed by atoms with Crippen LogP contribution in [0.3, 0.4) is 0 Å². The number of hydrogen-bond donors (Lipinski definition) is 2. The van der Waals surface area contributed by atoms with Crippen LogP contribution in [0.2, 0.25) is 0 Å². The molecular formula is C13H28N2O. The Morgan fingerprint density at radius 3 is 2.38 bits per heavy atom. The second kappa shape index (κ2) is 8.57. The number of hydrogen-bond acceptors (Lipinski definition) is 2. The molecule has 3 heteroatoms. The molecule has 0 radical (unpaired) electrons. The molecule has 0 aliphatic heterocycles. The Morgan fingerprint density at radius 1 is 1.25 bits per heavy atom. The van der Waals surface area contributed by atoms with Gasteiger partial charge in [-0.05, 0) is 25.7 Å². The summed E-state index contributed by atoms with van der Waals surface area (Å²) in [5, 5.41) is 2.98. The van der Waals surface area contributed by atoms with Crippen LogP contribution in [0, 0.1) is 5.92 Å². The van der Waals surface area contributed by atoms with Gasteiger partial charge >= 0.3 is 0 Å². The molecule has 0 aromatic carbocycles. The van der Waals surface area contributed by atoms with Crippen LogP contribution in [0.25, 0.3) is 0 Å². The molecule has 0 fully saturated rings. The zero-order valence-corrected chi connectivity index (χ0v) is 11.3. The Hall–Kier alpha value is -0.570. The van der Waals surface area contributed by atoms with Crippen LogP contribution < -0.4 is 11.1 Å². The van der Waals surface area contributed by atoms with E-state index in [0.717, 1.165) is 12.8 Å². The molecule has 0 bridgehead atoms. The van der Waals surface area contributed by atoms with E-state index in [0.29, 0.717) is 5.92 Å². The normalized spacial score (nSPS) is 14.9. The maximum atomic E-state index is 11.7. The van der Waals surface area contributed by atoms with Crippen molar-refractivity contribution in [1.29, 1.82) is 0 Å². The predicted octanol–water partition coefficient (Wildman–Crippen LogP) is 2.44. The number of unbranched alkanes of at least 4 members (excludes halogenated alkanes) is 2. The summed E-state index contributed by atoms with van der Waals surface area (Å²) in [6.07, 6.45) is 5.44. The zero-order valence-electron chi connectivity index (χ0n) is 11.3. The van der Waals surface area contributed by atoms with Crippen LogP contribution >= 0.6 is 0 Å². The highest BCUT2D eigenvalue weighted by molar-refractivity contribution is 5.81. The fourth-order valence-electron chi connectivity index (χ4n) is 1.74. The van der Waals surface area contributed by atoms with Crippen LogP contribution in [-0.2, 0) is 4.79 Å². The largest absolute Gasteiger partial charge is 0.352 e. The lowest BCUT2D eigenvalue weighted by Gasteiger charge is -2.18. The molecule has 0 aromatic rings. The maximum Gasteiger partial charge on any atom is 0.237 e. The van der Waals surface area contributed by atoms with Gasteiger partial charge in [0.1, 0.15) is 0 Å². The third kappa shape index (κ3) is 7.69. The molecule has 0 spiro atoms. The third-order valence-electron chi connectivity index (χ3n) is 2.69. The van der Waals surface area contributed by atoms with Crippen LogP contribution in [0.5, 0.6) is 0 Å². The molecule has 2 atom stereocenters. The van der Waals surface area contributed by atoms with Crippen molar-refractivity contribution in [3.05, 3.63) is 0 Å². The number of rotatable bonds is 8. The van der Waals surface area contributed by atoms with Crippen molar-refractivity contribution in [3.8, 4) is 0 Å². The van der Waals surface area contributed by atoms with E-state index < -0.39 is 0 Å². The van der Waals surface area contributed by atoms with Gasteiger partial charge in [0.05, 0.1) is 6.04 Å². The smallest absolute Gasteiger partial charge is 0.237 e. The Labute approximate surface area is 100 Å². The van der Waals surface area contributed by atoms with E-state index in [1.807, 2.05) is 0 Å². The van der Waals surface area contributed by atoms with Crippen LogP contribution in [0.1, 0.15) is 59.8 Å². The molecule has 3 N–H and O–H groups in total. The van der Waals surface area contributed by atoms with E-state index >= 15 is 0 Å². The molecule has 96 valence electrons. The van der Waals surface area contributed by atoms with Gasteiger partial charge in [0, 0.05) is 6.04 Å². The van der Waals surface area contributed by atoms with E-state index in [4.69, 9.17) is 5.73 Å². The summed E-state index contributed by atoms with van der Waals surface area (Å²) in [4.78, 5) is 11.7. The molecule has 1 unspecified atom stereocenters. The first-order chi connectivity index (χ1) is 7.47. The monoisotopic (exact) mass is 228 g/mol. The van der Waals surface area contributed by atoms with Crippen molar-refractivity contribution in [2.75, 3.05) is 0 Å². The molecule has 0 rings (SSSR count). The van der Waals surface area contributed by atoms with E-state index in [9.17, 15) is 4.79 Å². The Kier molecular flexibility index (Phi) is 8.26. The lowest BCUT2D eigenvalue weighted by molar-refractivity contribution is -0.123. The average Bonchev–Trinajstić information content (AvgIpc) is 2.16. The first-order valence-corrected chi connectivity index (χ1v) is 6.53. The van der Waals surface area contributed by atoms with Crippen molar-refractivity contribution < 1.29 is 4.79 Å². The van der Waals surface area contributed by atoms with Gasteiger partial charge in [0.2, 0.25) is 5.91 Å². The molecule has 0 saturated heterocycles. The Morgan fingerprint density at radius 2 is 1.88 bits per heavy atom. The SMILES string of the molecule is CCCCCC(C)NC(=O)[C@@H](N)CC(C)C. The molecule has 0 aromatic heterocycles. The average molecular weight is 228 g/mol. The molecule has 0 aliphatic rings. The highest BCUT2D eigenvalue weighted by atomic mass is 16.2. The summed E-state index contributed by atoms with van der Waals surface area (Å²) in [5.74, 6) is 0.467. The molecule has 0 saturated carbocycles. The van der Waals surface area contributed by atoms with Crippen molar-refractivity contribution in [2.24, 2.45) is 11.7 Å². The first-order valence-electron chi connectivity index (χ1n) is 6.53. The van der Waals surface area contributed by atoms with E-state index in [2.05, 4.69) is 33.0 Å².